The van der Waals surface area contributed by atoms with Gasteiger partial charge in [0.2, 0.25) is 0 Å². The smallest absolute Gasteiger partial charge is 0.291 e. The molecule has 2 aromatic carbocycles. The number of rotatable bonds is 3. The van der Waals surface area contributed by atoms with Gasteiger partial charge in [0.15, 0.2) is 5.76 Å². The molecule has 0 aliphatic rings. The van der Waals surface area contributed by atoms with E-state index in [0.29, 0.717) is 17.0 Å². The number of carbonyl (C=O) groups excluding carboxylic acids is 1. The number of furan rings is 1. The van der Waals surface area contributed by atoms with E-state index in [0.717, 1.165) is 22.2 Å². The Hall–Kier alpha value is -3.48. The minimum atomic E-state index is -0.286. The number of nitrogens with zero attached hydrogens (tertiary/aromatic N) is 4. The number of tetrazole rings is 1. The van der Waals surface area contributed by atoms with Crippen LogP contribution in [0.2, 0.25) is 0 Å². The maximum absolute atomic E-state index is 12.7. The lowest BCUT2D eigenvalue weighted by atomic mass is 10.1. The van der Waals surface area contributed by atoms with Gasteiger partial charge in [0.05, 0.1) is 5.69 Å². The van der Waals surface area contributed by atoms with Crippen LogP contribution < -0.4 is 5.32 Å². The van der Waals surface area contributed by atoms with E-state index in [1.54, 1.807) is 0 Å². The topological polar surface area (TPSA) is 85.8 Å². The molecule has 4 rings (SSSR count). The van der Waals surface area contributed by atoms with E-state index in [9.17, 15) is 4.79 Å². The normalized spacial score (nSPS) is 11.0. The summed E-state index contributed by atoms with van der Waals surface area (Å²) in [6.45, 7) is 3.80. The number of nitrogens with one attached hydrogen (secondary N) is 1. The van der Waals surface area contributed by atoms with Crippen molar-refractivity contribution in [1.82, 2.24) is 20.2 Å². The van der Waals surface area contributed by atoms with Crippen LogP contribution in [0.5, 0.6) is 0 Å². The minimum Gasteiger partial charge on any atom is -0.451 e. The largest absolute Gasteiger partial charge is 0.451 e. The molecular formula is C18H15N5O2. The third-order valence-electron chi connectivity index (χ3n) is 4.13. The third kappa shape index (κ3) is 2.65. The molecule has 4 aromatic rings. The Morgan fingerprint density at radius 1 is 1.16 bits per heavy atom. The molecule has 7 heteroatoms. The summed E-state index contributed by atoms with van der Waals surface area (Å²) in [5.74, 6) is 0.0269. The molecule has 0 fully saturated rings. The quantitative estimate of drug-likeness (QED) is 0.622. The Morgan fingerprint density at radius 3 is 2.76 bits per heavy atom. The van der Waals surface area contributed by atoms with Gasteiger partial charge in [0, 0.05) is 16.6 Å². The van der Waals surface area contributed by atoms with Crippen LogP contribution in [0.15, 0.2) is 53.2 Å². The number of aromatic nitrogens is 4. The Kier molecular flexibility index (Phi) is 3.53. The van der Waals surface area contributed by atoms with Crippen LogP contribution in [-0.4, -0.2) is 26.1 Å². The van der Waals surface area contributed by atoms with Crippen molar-refractivity contribution in [3.8, 4) is 5.69 Å². The lowest BCUT2D eigenvalue weighted by Gasteiger charge is -2.09. The standard InChI is InChI=1S/C18H15N5O2/c1-11-7-8-13(23-10-19-21-22-23)9-15(11)20-18(24)17-12(2)14-5-3-4-6-16(14)25-17/h3-10H,1-2H3,(H,20,24). The number of hydrogen-bond donors (Lipinski definition) is 1. The molecule has 1 N–H and O–H groups in total. The van der Waals surface area contributed by atoms with E-state index in [2.05, 4.69) is 20.8 Å². The number of anilines is 1. The van der Waals surface area contributed by atoms with E-state index >= 15 is 0 Å². The number of aryl methyl sites for hydroxylation is 2. The second-order valence-corrected chi connectivity index (χ2v) is 5.76. The molecule has 7 nitrogen and oxygen atoms in total. The van der Waals surface area contributed by atoms with Crippen LogP contribution in [0.25, 0.3) is 16.7 Å². The first-order valence-corrected chi connectivity index (χ1v) is 7.77. The lowest BCUT2D eigenvalue weighted by Crippen LogP contribution is -2.13. The van der Waals surface area contributed by atoms with Crippen molar-refractivity contribution in [2.24, 2.45) is 0 Å². The maximum atomic E-state index is 12.7. The molecule has 0 aliphatic carbocycles. The van der Waals surface area contributed by atoms with Crippen molar-refractivity contribution in [3.05, 3.63) is 65.7 Å². The van der Waals surface area contributed by atoms with E-state index in [-0.39, 0.29) is 5.91 Å². The lowest BCUT2D eigenvalue weighted by molar-refractivity contribution is 0.0998. The highest BCUT2D eigenvalue weighted by Crippen LogP contribution is 2.26. The Bertz CT molecular complexity index is 1070. The molecule has 0 saturated heterocycles. The number of benzene rings is 2. The first kappa shape index (κ1) is 15.1. The van der Waals surface area contributed by atoms with Crippen molar-refractivity contribution in [1.29, 1.82) is 0 Å². The van der Waals surface area contributed by atoms with Gasteiger partial charge in [-0.05, 0) is 48.0 Å². The fourth-order valence-electron chi connectivity index (χ4n) is 2.74. The molecule has 0 radical (unpaired) electrons. The predicted molar refractivity (Wildman–Crippen MR) is 92.8 cm³/mol. The van der Waals surface area contributed by atoms with Crippen LogP contribution in [0.1, 0.15) is 21.7 Å². The van der Waals surface area contributed by atoms with Crippen molar-refractivity contribution in [2.45, 2.75) is 13.8 Å². The second kappa shape index (κ2) is 5.86. The van der Waals surface area contributed by atoms with Crippen molar-refractivity contribution >= 4 is 22.6 Å². The van der Waals surface area contributed by atoms with E-state index in [1.165, 1.54) is 11.0 Å². The molecule has 0 bridgehead atoms. The highest BCUT2D eigenvalue weighted by atomic mass is 16.3. The molecule has 2 aromatic heterocycles. The molecule has 25 heavy (non-hydrogen) atoms. The van der Waals surface area contributed by atoms with Gasteiger partial charge in [-0.1, -0.05) is 24.3 Å². The Morgan fingerprint density at radius 2 is 2.00 bits per heavy atom. The van der Waals surface area contributed by atoms with Gasteiger partial charge in [0.25, 0.3) is 5.91 Å². The van der Waals surface area contributed by atoms with Gasteiger partial charge in [0.1, 0.15) is 11.9 Å². The number of para-hydroxylation sites is 1. The average molecular weight is 333 g/mol. The van der Waals surface area contributed by atoms with Crippen LogP contribution in [0.3, 0.4) is 0 Å². The van der Waals surface area contributed by atoms with Gasteiger partial charge >= 0.3 is 0 Å². The van der Waals surface area contributed by atoms with Crippen LogP contribution in [0, 0.1) is 13.8 Å². The monoisotopic (exact) mass is 333 g/mol. The van der Waals surface area contributed by atoms with Gasteiger partial charge < -0.3 is 9.73 Å². The number of hydrogen-bond acceptors (Lipinski definition) is 5. The van der Waals surface area contributed by atoms with Crippen LogP contribution in [-0.2, 0) is 0 Å². The summed E-state index contributed by atoms with van der Waals surface area (Å²) in [5.41, 5.74) is 3.88. The molecule has 0 saturated carbocycles. The van der Waals surface area contributed by atoms with E-state index in [1.807, 2.05) is 56.3 Å². The second-order valence-electron chi connectivity index (χ2n) is 5.76. The number of carbonyl (C=O) groups is 1. The summed E-state index contributed by atoms with van der Waals surface area (Å²) in [5, 5.41) is 15.0. The SMILES string of the molecule is Cc1ccc(-n2cnnn2)cc1NC(=O)c1oc2ccccc2c1C. The minimum absolute atomic E-state index is 0.286. The fraction of sp³-hybridized carbons (Fsp3) is 0.111. The molecule has 0 unspecified atom stereocenters. The van der Waals surface area contributed by atoms with Gasteiger partial charge in [-0.3, -0.25) is 4.79 Å². The molecular weight excluding hydrogens is 318 g/mol. The summed E-state index contributed by atoms with van der Waals surface area (Å²) in [6, 6.07) is 13.2. The first-order chi connectivity index (χ1) is 12.1. The van der Waals surface area contributed by atoms with Gasteiger partial charge in [-0.2, -0.15) is 0 Å². The van der Waals surface area contributed by atoms with Crippen LogP contribution in [0.4, 0.5) is 5.69 Å². The zero-order chi connectivity index (χ0) is 17.4. The van der Waals surface area contributed by atoms with Crippen molar-refractivity contribution in [3.63, 3.8) is 0 Å². The van der Waals surface area contributed by atoms with Crippen molar-refractivity contribution < 1.29 is 9.21 Å². The molecule has 124 valence electrons. The summed E-state index contributed by atoms with van der Waals surface area (Å²) in [7, 11) is 0. The zero-order valence-electron chi connectivity index (χ0n) is 13.7. The molecule has 0 aliphatic heterocycles. The highest BCUT2D eigenvalue weighted by Gasteiger charge is 2.18. The molecule has 1 amide bonds. The predicted octanol–water partition coefficient (Wildman–Crippen LogP) is 3.28. The summed E-state index contributed by atoms with van der Waals surface area (Å²) < 4.78 is 7.25. The third-order valence-corrected chi connectivity index (χ3v) is 4.13. The Balaban J connectivity index is 1.68. The first-order valence-electron chi connectivity index (χ1n) is 7.77. The van der Waals surface area contributed by atoms with Gasteiger partial charge in [-0.15, -0.1) is 5.10 Å². The van der Waals surface area contributed by atoms with Crippen LogP contribution >= 0.6 is 0 Å². The van der Waals surface area contributed by atoms with E-state index < -0.39 is 0 Å². The zero-order valence-corrected chi connectivity index (χ0v) is 13.7. The highest BCUT2D eigenvalue weighted by molar-refractivity contribution is 6.06. The maximum Gasteiger partial charge on any atom is 0.291 e. The number of amides is 1. The summed E-state index contributed by atoms with van der Waals surface area (Å²) in [6.07, 6.45) is 1.50. The van der Waals surface area contributed by atoms with Gasteiger partial charge in [-0.25, -0.2) is 4.68 Å². The Labute approximate surface area is 143 Å². The average Bonchev–Trinajstić information content (AvgIpc) is 3.26. The number of fused-ring (bicyclic) bond motifs is 1. The molecule has 0 atom stereocenters. The van der Waals surface area contributed by atoms with E-state index in [4.69, 9.17) is 4.42 Å². The molecule has 2 heterocycles. The fourth-order valence-corrected chi connectivity index (χ4v) is 2.74. The molecule has 0 spiro atoms. The van der Waals surface area contributed by atoms with Crippen molar-refractivity contribution in [2.75, 3.05) is 5.32 Å². The summed E-state index contributed by atoms with van der Waals surface area (Å²) >= 11 is 0. The summed E-state index contributed by atoms with van der Waals surface area (Å²) in [4.78, 5) is 12.7.